The zero-order chi connectivity index (χ0) is 16.8. The van der Waals surface area contributed by atoms with Gasteiger partial charge in [-0.15, -0.1) is 0 Å². The largest absolute Gasteiger partial charge is 0.466 e. The summed E-state index contributed by atoms with van der Waals surface area (Å²) in [7, 11) is 0. The zero-order valence-electron chi connectivity index (χ0n) is 13.7. The van der Waals surface area contributed by atoms with Gasteiger partial charge in [-0.05, 0) is 24.6 Å². The molecule has 0 aliphatic rings. The van der Waals surface area contributed by atoms with Crippen molar-refractivity contribution in [1.82, 2.24) is 9.78 Å². The van der Waals surface area contributed by atoms with Crippen LogP contribution in [0.2, 0.25) is 0 Å². The SMILES string of the molecule is CCOC(=O)CCc1nn(-c2ccccc2)cc1-c1ccccc1. The molecule has 0 radical (unpaired) electrons. The van der Waals surface area contributed by atoms with Crippen molar-refractivity contribution >= 4 is 5.97 Å². The van der Waals surface area contributed by atoms with Crippen molar-refractivity contribution in [2.24, 2.45) is 0 Å². The highest BCUT2D eigenvalue weighted by Crippen LogP contribution is 2.25. The van der Waals surface area contributed by atoms with Gasteiger partial charge < -0.3 is 4.74 Å². The van der Waals surface area contributed by atoms with E-state index in [4.69, 9.17) is 9.84 Å². The van der Waals surface area contributed by atoms with Gasteiger partial charge in [-0.25, -0.2) is 4.68 Å². The van der Waals surface area contributed by atoms with Gasteiger partial charge in [0.25, 0.3) is 0 Å². The first-order valence-electron chi connectivity index (χ1n) is 8.13. The van der Waals surface area contributed by atoms with Crippen LogP contribution in [0, 0.1) is 0 Å². The molecule has 0 atom stereocenters. The monoisotopic (exact) mass is 320 g/mol. The normalized spacial score (nSPS) is 10.5. The predicted octanol–water partition coefficient (Wildman–Crippen LogP) is 4.04. The molecule has 1 aromatic heterocycles. The Bertz CT molecular complexity index is 795. The number of hydrogen-bond donors (Lipinski definition) is 0. The first-order valence-corrected chi connectivity index (χ1v) is 8.13. The molecular weight excluding hydrogens is 300 g/mol. The summed E-state index contributed by atoms with van der Waals surface area (Å²) in [6.45, 7) is 2.22. The summed E-state index contributed by atoms with van der Waals surface area (Å²) in [5, 5.41) is 4.70. The number of para-hydroxylation sites is 1. The predicted molar refractivity (Wildman–Crippen MR) is 94.0 cm³/mol. The van der Waals surface area contributed by atoms with Crippen LogP contribution in [-0.2, 0) is 16.0 Å². The van der Waals surface area contributed by atoms with Gasteiger partial charge in [0.2, 0.25) is 0 Å². The maximum Gasteiger partial charge on any atom is 0.306 e. The number of esters is 1. The molecule has 3 rings (SSSR count). The molecule has 2 aromatic carbocycles. The molecule has 0 N–H and O–H groups in total. The van der Waals surface area contributed by atoms with Crippen LogP contribution in [0.15, 0.2) is 66.9 Å². The van der Waals surface area contributed by atoms with Crippen LogP contribution in [0.1, 0.15) is 19.0 Å². The molecule has 0 amide bonds. The second-order valence-electron chi connectivity index (χ2n) is 5.44. The van der Waals surface area contributed by atoms with Crippen LogP contribution in [0.5, 0.6) is 0 Å². The van der Waals surface area contributed by atoms with E-state index in [1.165, 1.54) is 0 Å². The number of rotatable bonds is 6. The lowest BCUT2D eigenvalue weighted by atomic mass is 10.0. The number of nitrogens with zero attached hydrogens (tertiary/aromatic N) is 2. The van der Waals surface area contributed by atoms with Gasteiger partial charge in [0, 0.05) is 18.2 Å². The van der Waals surface area contributed by atoms with Crippen molar-refractivity contribution in [3.8, 4) is 16.8 Å². The van der Waals surface area contributed by atoms with Crippen molar-refractivity contribution in [2.45, 2.75) is 19.8 Å². The Hall–Kier alpha value is -2.88. The number of aromatic nitrogens is 2. The van der Waals surface area contributed by atoms with E-state index in [-0.39, 0.29) is 5.97 Å². The van der Waals surface area contributed by atoms with Gasteiger partial charge in [0.05, 0.1) is 24.4 Å². The summed E-state index contributed by atoms with van der Waals surface area (Å²) in [4.78, 5) is 11.7. The molecule has 0 bridgehead atoms. The number of ether oxygens (including phenoxy) is 1. The van der Waals surface area contributed by atoms with Gasteiger partial charge in [-0.2, -0.15) is 5.10 Å². The first kappa shape index (κ1) is 16.0. The van der Waals surface area contributed by atoms with E-state index in [0.29, 0.717) is 19.4 Å². The van der Waals surface area contributed by atoms with Crippen LogP contribution in [0.4, 0.5) is 0 Å². The van der Waals surface area contributed by atoms with Crippen molar-refractivity contribution in [2.75, 3.05) is 6.61 Å². The van der Waals surface area contributed by atoms with E-state index in [1.807, 2.05) is 66.3 Å². The summed E-state index contributed by atoms with van der Waals surface area (Å²) in [6.07, 6.45) is 2.91. The number of carbonyl (C=O) groups is 1. The quantitative estimate of drug-likeness (QED) is 0.644. The van der Waals surface area contributed by atoms with E-state index in [2.05, 4.69) is 12.1 Å². The minimum atomic E-state index is -0.189. The molecule has 0 aliphatic heterocycles. The minimum Gasteiger partial charge on any atom is -0.466 e. The van der Waals surface area contributed by atoms with Gasteiger partial charge in [-0.1, -0.05) is 48.5 Å². The van der Waals surface area contributed by atoms with Crippen LogP contribution >= 0.6 is 0 Å². The van der Waals surface area contributed by atoms with Gasteiger partial charge in [0.15, 0.2) is 0 Å². The summed E-state index contributed by atoms with van der Waals surface area (Å²) >= 11 is 0. The number of aryl methyl sites for hydroxylation is 1. The van der Waals surface area contributed by atoms with E-state index in [0.717, 1.165) is 22.5 Å². The third-order valence-electron chi connectivity index (χ3n) is 3.77. The average Bonchev–Trinajstić information content (AvgIpc) is 3.06. The van der Waals surface area contributed by atoms with Crippen LogP contribution < -0.4 is 0 Å². The maximum atomic E-state index is 11.7. The zero-order valence-corrected chi connectivity index (χ0v) is 13.7. The number of hydrogen-bond acceptors (Lipinski definition) is 3. The lowest BCUT2D eigenvalue weighted by molar-refractivity contribution is -0.143. The lowest BCUT2D eigenvalue weighted by Crippen LogP contribution is -2.06. The fourth-order valence-corrected chi connectivity index (χ4v) is 2.62. The minimum absolute atomic E-state index is 0.189. The molecule has 0 saturated heterocycles. The Kier molecular flexibility index (Phi) is 5.06. The maximum absolute atomic E-state index is 11.7. The molecule has 0 aliphatic carbocycles. The van der Waals surface area contributed by atoms with Crippen LogP contribution in [0.25, 0.3) is 16.8 Å². The number of benzene rings is 2. The summed E-state index contributed by atoms with van der Waals surface area (Å²) in [5.41, 5.74) is 4.04. The molecule has 0 fully saturated rings. The van der Waals surface area contributed by atoms with Gasteiger partial charge in [-0.3, -0.25) is 4.79 Å². The Morgan fingerprint density at radius 2 is 1.71 bits per heavy atom. The fraction of sp³-hybridized carbons (Fsp3) is 0.200. The first-order chi connectivity index (χ1) is 11.8. The number of carbonyl (C=O) groups excluding carboxylic acids is 1. The third kappa shape index (κ3) is 3.71. The second kappa shape index (κ2) is 7.59. The third-order valence-corrected chi connectivity index (χ3v) is 3.77. The standard InChI is InChI=1S/C20H20N2O2/c1-2-24-20(23)14-13-19-18(16-9-5-3-6-10-16)15-22(21-19)17-11-7-4-8-12-17/h3-12,15H,2,13-14H2,1H3. The van der Waals surface area contributed by atoms with Crippen molar-refractivity contribution in [3.05, 3.63) is 72.6 Å². The highest BCUT2D eigenvalue weighted by molar-refractivity contribution is 5.71. The van der Waals surface area contributed by atoms with Crippen LogP contribution in [-0.4, -0.2) is 22.4 Å². The molecule has 24 heavy (non-hydrogen) atoms. The molecule has 1 heterocycles. The Labute approximate surface area is 141 Å². The highest BCUT2D eigenvalue weighted by atomic mass is 16.5. The second-order valence-corrected chi connectivity index (χ2v) is 5.44. The highest BCUT2D eigenvalue weighted by Gasteiger charge is 2.14. The summed E-state index contributed by atoms with van der Waals surface area (Å²) in [6, 6.07) is 20.1. The molecule has 0 unspecified atom stereocenters. The summed E-state index contributed by atoms with van der Waals surface area (Å²) < 4.78 is 6.89. The molecular formula is C20H20N2O2. The Morgan fingerprint density at radius 3 is 2.38 bits per heavy atom. The topological polar surface area (TPSA) is 44.1 Å². The van der Waals surface area contributed by atoms with Gasteiger partial charge in [0.1, 0.15) is 0 Å². The molecule has 3 aromatic rings. The van der Waals surface area contributed by atoms with E-state index >= 15 is 0 Å². The van der Waals surface area contributed by atoms with Crippen LogP contribution in [0.3, 0.4) is 0 Å². The van der Waals surface area contributed by atoms with Gasteiger partial charge >= 0.3 is 5.97 Å². The lowest BCUT2D eigenvalue weighted by Gasteiger charge is -2.03. The molecule has 4 heteroatoms. The average molecular weight is 320 g/mol. The smallest absolute Gasteiger partial charge is 0.306 e. The molecule has 0 saturated carbocycles. The van der Waals surface area contributed by atoms with Crippen molar-refractivity contribution in [3.63, 3.8) is 0 Å². The van der Waals surface area contributed by atoms with E-state index in [1.54, 1.807) is 0 Å². The van der Waals surface area contributed by atoms with E-state index < -0.39 is 0 Å². The molecule has 4 nitrogen and oxygen atoms in total. The van der Waals surface area contributed by atoms with E-state index in [9.17, 15) is 4.79 Å². The Morgan fingerprint density at radius 1 is 1.04 bits per heavy atom. The van der Waals surface area contributed by atoms with Crippen molar-refractivity contribution < 1.29 is 9.53 Å². The molecule has 122 valence electrons. The summed E-state index contributed by atoms with van der Waals surface area (Å²) in [5.74, 6) is -0.189. The van der Waals surface area contributed by atoms with Crippen molar-refractivity contribution in [1.29, 1.82) is 0 Å². The Balaban J connectivity index is 1.93. The molecule has 0 spiro atoms. The fourth-order valence-electron chi connectivity index (χ4n) is 2.62.